The third-order valence-electron chi connectivity index (χ3n) is 1.10. The fraction of sp³-hybridized carbons (Fsp3) is 0.500. The van der Waals surface area contributed by atoms with Crippen molar-refractivity contribution in [3.8, 4) is 0 Å². The van der Waals surface area contributed by atoms with E-state index in [-0.39, 0.29) is 12.1 Å². The summed E-state index contributed by atoms with van der Waals surface area (Å²) < 4.78 is 4.50. The second kappa shape index (κ2) is 5.35. The van der Waals surface area contributed by atoms with E-state index in [1.54, 1.807) is 6.92 Å². The second-order valence-corrected chi connectivity index (χ2v) is 2.34. The van der Waals surface area contributed by atoms with Gasteiger partial charge in [0.05, 0.1) is 6.42 Å². The molecule has 1 unspecified atom stereocenters. The minimum absolute atomic E-state index is 0.0671. The number of rotatable bonds is 1. The van der Waals surface area contributed by atoms with Gasteiger partial charge in [-0.3, -0.25) is 4.79 Å². The number of carboxylic acids is 1. The third kappa shape index (κ3) is 5.46. The van der Waals surface area contributed by atoms with Crippen molar-refractivity contribution >= 4 is 11.9 Å². The molecule has 1 aliphatic rings. The lowest BCUT2D eigenvalue weighted by Crippen LogP contribution is -2.29. The minimum Gasteiger partial charge on any atom is -0.478 e. The maximum absolute atomic E-state index is 9.89. The van der Waals surface area contributed by atoms with Crippen LogP contribution >= 0.6 is 0 Å². The van der Waals surface area contributed by atoms with Gasteiger partial charge in [-0.15, -0.1) is 0 Å². The van der Waals surface area contributed by atoms with Gasteiger partial charge < -0.3 is 9.84 Å². The third-order valence-corrected chi connectivity index (χ3v) is 1.10. The molecule has 0 radical (unpaired) electrons. The normalized spacial score (nSPS) is 20.5. The van der Waals surface area contributed by atoms with E-state index in [9.17, 15) is 9.59 Å². The fourth-order valence-corrected chi connectivity index (χ4v) is 0.592. The number of hydrogen-bond donors (Lipinski definition) is 1. The molecule has 0 saturated carbocycles. The number of carbonyl (C=O) groups is 2. The van der Waals surface area contributed by atoms with Gasteiger partial charge in [0.2, 0.25) is 0 Å². The number of allylic oxidation sites excluding steroid dienone is 1. The van der Waals surface area contributed by atoms with Crippen LogP contribution in [0.4, 0.5) is 0 Å². The molecule has 1 atom stereocenters. The van der Waals surface area contributed by atoms with Crippen LogP contribution in [-0.4, -0.2) is 23.1 Å². The van der Waals surface area contributed by atoms with Crippen molar-refractivity contribution < 1.29 is 19.4 Å². The summed E-state index contributed by atoms with van der Waals surface area (Å²) in [7, 11) is 0. The highest BCUT2D eigenvalue weighted by molar-refractivity contribution is 5.79. The summed E-state index contributed by atoms with van der Waals surface area (Å²) in [5, 5.41) is 7.83. The van der Waals surface area contributed by atoms with Crippen LogP contribution in [0.1, 0.15) is 20.3 Å². The molecule has 12 heavy (non-hydrogen) atoms. The van der Waals surface area contributed by atoms with Crippen LogP contribution in [0, 0.1) is 0 Å². The van der Waals surface area contributed by atoms with Gasteiger partial charge >= 0.3 is 11.9 Å². The van der Waals surface area contributed by atoms with E-state index in [4.69, 9.17) is 5.11 Å². The van der Waals surface area contributed by atoms with Crippen LogP contribution in [0.5, 0.6) is 0 Å². The molecule has 0 aromatic heterocycles. The fourth-order valence-electron chi connectivity index (χ4n) is 0.592. The Morgan fingerprint density at radius 1 is 1.75 bits per heavy atom. The lowest BCUT2D eigenvalue weighted by Gasteiger charge is -2.20. The molecule has 0 aliphatic carbocycles. The summed E-state index contributed by atoms with van der Waals surface area (Å²) in [5.74, 6) is -0.958. The quantitative estimate of drug-likeness (QED) is 0.472. The topological polar surface area (TPSA) is 63.6 Å². The maximum atomic E-state index is 9.89. The van der Waals surface area contributed by atoms with Crippen LogP contribution in [0.25, 0.3) is 0 Å². The summed E-state index contributed by atoms with van der Waals surface area (Å²) >= 11 is 0. The van der Waals surface area contributed by atoms with E-state index in [1.807, 2.05) is 6.92 Å². The first-order valence-corrected chi connectivity index (χ1v) is 3.61. The van der Waals surface area contributed by atoms with Crippen molar-refractivity contribution in [1.29, 1.82) is 0 Å². The van der Waals surface area contributed by atoms with Gasteiger partial charge in [0.25, 0.3) is 0 Å². The van der Waals surface area contributed by atoms with E-state index >= 15 is 0 Å². The first-order valence-electron chi connectivity index (χ1n) is 3.61. The van der Waals surface area contributed by atoms with E-state index < -0.39 is 5.97 Å². The molecule has 0 aromatic rings. The number of hydrogen-bond acceptors (Lipinski definition) is 3. The molecule has 1 heterocycles. The molecule has 4 heteroatoms. The molecule has 68 valence electrons. The largest absolute Gasteiger partial charge is 0.478 e. The Balaban J connectivity index is 0.000000202. The van der Waals surface area contributed by atoms with Crippen LogP contribution in [-0.2, 0) is 14.3 Å². The van der Waals surface area contributed by atoms with Gasteiger partial charge in [0.15, 0.2) is 0 Å². The maximum Gasteiger partial charge on any atom is 0.327 e. The number of aliphatic carboxylic acids is 1. The van der Waals surface area contributed by atoms with Gasteiger partial charge in [-0.05, 0) is 13.8 Å². The Labute approximate surface area is 70.8 Å². The summed E-state index contributed by atoms with van der Waals surface area (Å²) in [6.07, 6.45) is 3.36. The monoisotopic (exact) mass is 172 g/mol. The number of ether oxygens (including phenoxy) is 1. The predicted molar refractivity (Wildman–Crippen MR) is 42.6 cm³/mol. The summed E-state index contributed by atoms with van der Waals surface area (Å²) in [5.41, 5.74) is 0. The average Bonchev–Trinajstić information content (AvgIpc) is 1.85. The smallest absolute Gasteiger partial charge is 0.327 e. The Hall–Kier alpha value is -1.32. The standard InChI is InChI=1S/2C4H6O2/c1-3-2-4(5)6-3;1-2-3-4(5)6/h3H,2H2,1H3;2-3H,1H3,(H,5,6)/b;3-2+. The summed E-state index contributed by atoms with van der Waals surface area (Å²) in [6.45, 7) is 3.54. The van der Waals surface area contributed by atoms with Gasteiger partial charge in [0, 0.05) is 6.08 Å². The van der Waals surface area contributed by atoms with Crippen molar-refractivity contribution in [3.05, 3.63) is 12.2 Å². The van der Waals surface area contributed by atoms with Crippen molar-refractivity contribution in [2.45, 2.75) is 26.4 Å². The average molecular weight is 172 g/mol. The Kier molecular flexibility index (Phi) is 4.76. The van der Waals surface area contributed by atoms with Gasteiger partial charge in [-0.1, -0.05) is 6.08 Å². The number of carbonyl (C=O) groups excluding carboxylic acids is 1. The van der Waals surface area contributed by atoms with Gasteiger partial charge in [-0.25, -0.2) is 4.79 Å². The highest BCUT2D eigenvalue weighted by Crippen LogP contribution is 2.10. The molecule has 1 aliphatic heterocycles. The predicted octanol–water partition coefficient (Wildman–Crippen LogP) is 0.969. The van der Waals surface area contributed by atoms with Crippen molar-refractivity contribution in [1.82, 2.24) is 0 Å². The molecular formula is C8H12O4. The first kappa shape index (κ1) is 10.7. The Morgan fingerprint density at radius 2 is 2.25 bits per heavy atom. The molecule has 0 spiro atoms. The molecular weight excluding hydrogens is 160 g/mol. The van der Waals surface area contributed by atoms with Crippen LogP contribution in [0.2, 0.25) is 0 Å². The number of carboxylic acid groups (broad SMARTS) is 1. The van der Waals surface area contributed by atoms with Gasteiger partial charge in [-0.2, -0.15) is 0 Å². The Bertz CT molecular complexity index is 187. The molecule has 0 amide bonds. The van der Waals surface area contributed by atoms with Crippen molar-refractivity contribution in [2.24, 2.45) is 0 Å². The van der Waals surface area contributed by atoms with Crippen LogP contribution < -0.4 is 0 Å². The van der Waals surface area contributed by atoms with Crippen molar-refractivity contribution in [3.63, 3.8) is 0 Å². The molecule has 4 nitrogen and oxygen atoms in total. The lowest BCUT2D eigenvalue weighted by molar-refractivity contribution is -0.167. The molecule has 1 N–H and O–H groups in total. The lowest BCUT2D eigenvalue weighted by atomic mass is 10.2. The Morgan fingerprint density at radius 3 is 2.25 bits per heavy atom. The second-order valence-electron chi connectivity index (χ2n) is 2.34. The SMILES string of the molecule is C/C=C/C(=O)O.CC1CC(=O)O1. The van der Waals surface area contributed by atoms with Crippen LogP contribution in [0.15, 0.2) is 12.2 Å². The highest BCUT2D eigenvalue weighted by Gasteiger charge is 2.22. The first-order chi connectivity index (χ1) is 5.56. The van der Waals surface area contributed by atoms with Gasteiger partial charge in [0.1, 0.15) is 6.10 Å². The van der Waals surface area contributed by atoms with Crippen molar-refractivity contribution in [2.75, 3.05) is 0 Å². The van der Waals surface area contributed by atoms with E-state index in [0.717, 1.165) is 6.08 Å². The minimum atomic E-state index is -0.891. The zero-order chi connectivity index (χ0) is 9.56. The number of esters is 1. The summed E-state index contributed by atoms with van der Waals surface area (Å²) in [4.78, 5) is 19.4. The molecule has 0 bridgehead atoms. The van der Waals surface area contributed by atoms with E-state index in [1.165, 1.54) is 6.08 Å². The molecule has 1 rings (SSSR count). The summed E-state index contributed by atoms with van der Waals surface area (Å²) in [6, 6.07) is 0. The van der Waals surface area contributed by atoms with E-state index in [0.29, 0.717) is 6.42 Å². The molecule has 1 saturated heterocycles. The molecule has 0 aromatic carbocycles. The zero-order valence-corrected chi connectivity index (χ0v) is 7.11. The van der Waals surface area contributed by atoms with E-state index in [2.05, 4.69) is 4.74 Å². The molecule has 1 fully saturated rings. The zero-order valence-electron chi connectivity index (χ0n) is 7.11. The highest BCUT2D eigenvalue weighted by atomic mass is 16.6. The van der Waals surface area contributed by atoms with Crippen LogP contribution in [0.3, 0.4) is 0 Å². The number of cyclic esters (lactones) is 1.